The van der Waals surface area contributed by atoms with Crippen molar-refractivity contribution in [2.75, 3.05) is 6.61 Å². The first kappa shape index (κ1) is 15.3. The molecule has 0 amide bonds. The van der Waals surface area contributed by atoms with Crippen LogP contribution in [0.25, 0.3) is 22.0 Å². The van der Waals surface area contributed by atoms with E-state index in [9.17, 15) is 4.79 Å². The minimum Gasteiger partial charge on any atom is -0.462 e. The first-order valence-electron chi connectivity index (χ1n) is 7.71. The fourth-order valence-corrected chi connectivity index (χ4v) is 2.97. The van der Waals surface area contributed by atoms with Crippen molar-refractivity contribution in [1.82, 2.24) is 4.57 Å². The van der Waals surface area contributed by atoms with Gasteiger partial charge in [0.1, 0.15) is 0 Å². The molecule has 2 N–H and O–H groups in total. The number of rotatable bonds is 4. The molecular formula is C19H20N2O2. The maximum absolute atomic E-state index is 12.3. The van der Waals surface area contributed by atoms with Crippen molar-refractivity contribution in [3.8, 4) is 11.1 Å². The van der Waals surface area contributed by atoms with E-state index in [0.29, 0.717) is 18.7 Å². The number of benzene rings is 2. The van der Waals surface area contributed by atoms with Gasteiger partial charge in [-0.15, -0.1) is 0 Å². The van der Waals surface area contributed by atoms with Gasteiger partial charge < -0.3 is 15.0 Å². The van der Waals surface area contributed by atoms with E-state index < -0.39 is 0 Å². The summed E-state index contributed by atoms with van der Waals surface area (Å²) < 4.78 is 7.18. The van der Waals surface area contributed by atoms with Crippen molar-refractivity contribution in [1.29, 1.82) is 0 Å². The smallest absolute Gasteiger partial charge is 0.340 e. The Balaban J connectivity index is 2.21. The largest absolute Gasteiger partial charge is 0.462 e. The number of ether oxygens (including phenoxy) is 1. The highest BCUT2D eigenvalue weighted by Crippen LogP contribution is 2.30. The molecule has 0 aliphatic carbocycles. The second-order valence-corrected chi connectivity index (χ2v) is 5.40. The fraction of sp³-hybridized carbons (Fsp3) is 0.211. The Morgan fingerprint density at radius 3 is 2.52 bits per heavy atom. The first-order valence-corrected chi connectivity index (χ1v) is 7.71. The van der Waals surface area contributed by atoms with Crippen LogP contribution in [0.4, 0.5) is 0 Å². The Morgan fingerprint density at radius 1 is 1.13 bits per heavy atom. The van der Waals surface area contributed by atoms with Gasteiger partial charge in [0.25, 0.3) is 0 Å². The minimum absolute atomic E-state index is 0.292. The van der Waals surface area contributed by atoms with Crippen LogP contribution in [0.1, 0.15) is 23.0 Å². The summed E-state index contributed by atoms with van der Waals surface area (Å²) in [6, 6.07) is 16.3. The number of fused-ring (bicyclic) bond motifs is 1. The molecule has 0 fully saturated rings. The average Bonchev–Trinajstić information content (AvgIpc) is 2.87. The van der Waals surface area contributed by atoms with Crippen LogP contribution in [0.5, 0.6) is 0 Å². The van der Waals surface area contributed by atoms with Gasteiger partial charge >= 0.3 is 5.97 Å². The van der Waals surface area contributed by atoms with Crippen LogP contribution in [0.2, 0.25) is 0 Å². The van der Waals surface area contributed by atoms with Crippen LogP contribution in [0.15, 0.2) is 48.5 Å². The predicted molar refractivity (Wildman–Crippen MR) is 92.2 cm³/mol. The first-order chi connectivity index (χ1) is 11.2. The molecule has 0 bridgehead atoms. The molecule has 2 aromatic carbocycles. The lowest BCUT2D eigenvalue weighted by Crippen LogP contribution is -2.12. The molecular weight excluding hydrogens is 288 g/mol. The summed E-state index contributed by atoms with van der Waals surface area (Å²) in [7, 11) is 1.93. The van der Waals surface area contributed by atoms with Gasteiger partial charge in [-0.1, -0.05) is 42.5 Å². The van der Waals surface area contributed by atoms with Crippen LogP contribution in [-0.2, 0) is 18.3 Å². The lowest BCUT2D eigenvalue weighted by atomic mass is 10.0. The number of carbonyl (C=O) groups is 1. The van der Waals surface area contributed by atoms with Gasteiger partial charge in [-0.05, 0) is 24.1 Å². The molecule has 0 saturated carbocycles. The number of carbonyl (C=O) groups excluding carboxylic acids is 1. The molecule has 0 aliphatic heterocycles. The molecule has 118 valence electrons. The van der Waals surface area contributed by atoms with Gasteiger partial charge in [-0.25, -0.2) is 4.79 Å². The van der Waals surface area contributed by atoms with Crippen molar-refractivity contribution in [2.24, 2.45) is 12.8 Å². The third kappa shape index (κ3) is 2.62. The van der Waals surface area contributed by atoms with Gasteiger partial charge in [0, 0.05) is 30.2 Å². The second-order valence-electron chi connectivity index (χ2n) is 5.40. The summed E-state index contributed by atoms with van der Waals surface area (Å²) in [5, 5.41) is 0.881. The zero-order chi connectivity index (χ0) is 16.4. The summed E-state index contributed by atoms with van der Waals surface area (Å²) in [6.07, 6.45) is 0. The predicted octanol–water partition coefficient (Wildman–Crippen LogP) is 3.48. The molecule has 0 unspecified atom stereocenters. The molecule has 0 atom stereocenters. The van der Waals surface area contributed by atoms with Crippen LogP contribution in [-0.4, -0.2) is 17.1 Å². The van der Waals surface area contributed by atoms with Gasteiger partial charge in [-0.2, -0.15) is 0 Å². The molecule has 4 nitrogen and oxygen atoms in total. The second kappa shape index (κ2) is 6.26. The number of esters is 1. The van der Waals surface area contributed by atoms with Gasteiger partial charge in [0.2, 0.25) is 0 Å². The van der Waals surface area contributed by atoms with Crippen LogP contribution in [0.3, 0.4) is 0 Å². The quantitative estimate of drug-likeness (QED) is 0.751. The van der Waals surface area contributed by atoms with E-state index in [1.54, 1.807) is 6.92 Å². The van der Waals surface area contributed by atoms with Crippen LogP contribution in [0, 0.1) is 0 Å². The maximum Gasteiger partial charge on any atom is 0.340 e. The molecule has 0 radical (unpaired) electrons. The normalized spacial score (nSPS) is 10.9. The Bertz CT molecular complexity index is 851. The summed E-state index contributed by atoms with van der Waals surface area (Å²) >= 11 is 0. The van der Waals surface area contributed by atoms with Gasteiger partial charge in [0.05, 0.1) is 12.2 Å². The molecule has 0 saturated heterocycles. The zero-order valence-electron chi connectivity index (χ0n) is 13.4. The van der Waals surface area contributed by atoms with E-state index >= 15 is 0 Å². The molecule has 0 aliphatic rings. The van der Waals surface area contributed by atoms with Crippen molar-refractivity contribution in [3.63, 3.8) is 0 Å². The third-order valence-electron chi connectivity index (χ3n) is 4.10. The van der Waals surface area contributed by atoms with Crippen molar-refractivity contribution in [3.05, 3.63) is 59.8 Å². The molecule has 3 rings (SSSR count). The number of hydrogen-bond donors (Lipinski definition) is 1. The van der Waals surface area contributed by atoms with E-state index in [1.165, 1.54) is 0 Å². The summed E-state index contributed by atoms with van der Waals surface area (Å²) in [6.45, 7) is 2.44. The molecule has 23 heavy (non-hydrogen) atoms. The van der Waals surface area contributed by atoms with Crippen LogP contribution < -0.4 is 5.73 Å². The van der Waals surface area contributed by atoms with Gasteiger partial charge in [0.15, 0.2) is 0 Å². The Kier molecular flexibility index (Phi) is 4.17. The number of nitrogens with two attached hydrogens (primary N) is 1. The van der Waals surface area contributed by atoms with Crippen molar-refractivity contribution < 1.29 is 9.53 Å². The lowest BCUT2D eigenvalue weighted by Gasteiger charge is -2.04. The Hall–Kier alpha value is -2.59. The molecule has 1 aromatic heterocycles. The standard InChI is InChI=1S/C19H20N2O2/c1-3-23-19(22)18-15-10-9-14(13-7-5-4-6-8-13)11-16(15)21(2)17(18)12-20/h4-11H,3,12,20H2,1-2H3. The highest BCUT2D eigenvalue weighted by atomic mass is 16.5. The molecule has 0 spiro atoms. The van der Waals surface area contributed by atoms with E-state index in [0.717, 1.165) is 27.7 Å². The van der Waals surface area contributed by atoms with E-state index in [2.05, 4.69) is 18.2 Å². The highest BCUT2D eigenvalue weighted by molar-refractivity contribution is 6.06. The molecule has 4 heteroatoms. The monoisotopic (exact) mass is 308 g/mol. The lowest BCUT2D eigenvalue weighted by molar-refractivity contribution is 0.0527. The highest BCUT2D eigenvalue weighted by Gasteiger charge is 2.21. The topological polar surface area (TPSA) is 57.2 Å². The van der Waals surface area contributed by atoms with E-state index in [1.807, 2.05) is 41.9 Å². The number of aromatic nitrogens is 1. The zero-order valence-corrected chi connectivity index (χ0v) is 13.4. The number of hydrogen-bond acceptors (Lipinski definition) is 3. The van der Waals surface area contributed by atoms with Gasteiger partial charge in [-0.3, -0.25) is 0 Å². The van der Waals surface area contributed by atoms with Crippen molar-refractivity contribution >= 4 is 16.9 Å². The maximum atomic E-state index is 12.3. The number of nitrogens with zero attached hydrogens (tertiary/aromatic N) is 1. The van der Waals surface area contributed by atoms with Crippen molar-refractivity contribution in [2.45, 2.75) is 13.5 Å². The van der Waals surface area contributed by atoms with E-state index in [4.69, 9.17) is 10.5 Å². The molecule has 3 aromatic rings. The number of aryl methyl sites for hydroxylation is 1. The van der Waals surface area contributed by atoms with Crippen LogP contribution >= 0.6 is 0 Å². The summed E-state index contributed by atoms with van der Waals surface area (Å²) in [5.74, 6) is -0.314. The third-order valence-corrected chi connectivity index (χ3v) is 4.10. The summed E-state index contributed by atoms with van der Waals surface area (Å²) in [4.78, 5) is 12.3. The summed E-state index contributed by atoms with van der Waals surface area (Å²) in [5.41, 5.74) is 10.5. The molecule has 1 heterocycles. The Morgan fingerprint density at radius 2 is 1.87 bits per heavy atom. The fourth-order valence-electron chi connectivity index (χ4n) is 2.97. The van der Waals surface area contributed by atoms with E-state index in [-0.39, 0.29) is 5.97 Å². The minimum atomic E-state index is -0.314. The average molecular weight is 308 g/mol. The SMILES string of the molecule is CCOC(=O)c1c(CN)n(C)c2cc(-c3ccccc3)ccc12. The Labute approximate surface area is 135 Å².